The number of nitrogens with zero attached hydrogens (tertiary/aromatic N) is 1. The molecule has 0 atom stereocenters. The van der Waals surface area contributed by atoms with Crippen molar-refractivity contribution >= 4 is 22.3 Å². The first kappa shape index (κ1) is 13.6. The fourth-order valence-corrected chi connectivity index (χ4v) is 2.72. The van der Waals surface area contributed by atoms with Crippen LogP contribution in [0.1, 0.15) is 22.4 Å². The van der Waals surface area contributed by atoms with E-state index in [2.05, 4.69) is 73.5 Å². The minimum Gasteiger partial charge on any atom is -0.355 e. The molecule has 0 saturated heterocycles. The maximum atomic E-state index is 4.67. The van der Waals surface area contributed by atoms with Crippen LogP contribution in [0, 0.1) is 27.7 Å². The monoisotopic (exact) mass is 276 g/mol. The summed E-state index contributed by atoms with van der Waals surface area (Å²) < 4.78 is 0. The van der Waals surface area contributed by atoms with Gasteiger partial charge >= 0.3 is 0 Å². The first-order chi connectivity index (χ1) is 10.0. The number of anilines is 2. The molecule has 3 aromatic rings. The molecular formula is C19H20N2. The van der Waals surface area contributed by atoms with E-state index in [9.17, 15) is 0 Å². The zero-order valence-corrected chi connectivity index (χ0v) is 13.0. The normalized spacial score (nSPS) is 10.9. The minimum atomic E-state index is 1.03. The van der Waals surface area contributed by atoms with Crippen LogP contribution >= 0.6 is 0 Å². The summed E-state index contributed by atoms with van der Waals surface area (Å²) in [5.74, 6) is 0. The van der Waals surface area contributed by atoms with Crippen LogP contribution in [0.2, 0.25) is 0 Å². The van der Waals surface area contributed by atoms with Crippen molar-refractivity contribution in [3.8, 4) is 0 Å². The average molecular weight is 276 g/mol. The third kappa shape index (κ3) is 2.62. The summed E-state index contributed by atoms with van der Waals surface area (Å²) in [6.07, 6.45) is 0. The van der Waals surface area contributed by atoms with Gasteiger partial charge in [0.05, 0.1) is 5.52 Å². The Morgan fingerprint density at radius 2 is 1.62 bits per heavy atom. The molecule has 0 aliphatic carbocycles. The molecule has 21 heavy (non-hydrogen) atoms. The lowest BCUT2D eigenvalue weighted by Gasteiger charge is -2.14. The zero-order chi connectivity index (χ0) is 15.0. The average Bonchev–Trinajstić information content (AvgIpc) is 2.43. The molecule has 1 heterocycles. The van der Waals surface area contributed by atoms with Gasteiger partial charge in [0.25, 0.3) is 0 Å². The molecule has 0 aliphatic rings. The Balaban J connectivity index is 2.14. The molecule has 2 aromatic carbocycles. The molecule has 2 heteroatoms. The van der Waals surface area contributed by atoms with Crippen molar-refractivity contribution in [1.29, 1.82) is 0 Å². The fraction of sp³-hybridized carbons (Fsp3) is 0.211. The topological polar surface area (TPSA) is 24.9 Å². The predicted octanol–water partition coefficient (Wildman–Crippen LogP) is 5.21. The molecule has 2 nitrogen and oxygen atoms in total. The van der Waals surface area contributed by atoms with E-state index in [0.29, 0.717) is 0 Å². The summed E-state index contributed by atoms with van der Waals surface area (Å²) in [4.78, 5) is 4.67. The van der Waals surface area contributed by atoms with Gasteiger partial charge in [0, 0.05) is 22.5 Å². The van der Waals surface area contributed by atoms with Crippen LogP contribution in [0.4, 0.5) is 11.4 Å². The van der Waals surface area contributed by atoms with Crippen molar-refractivity contribution in [2.75, 3.05) is 5.32 Å². The van der Waals surface area contributed by atoms with Crippen LogP contribution in [0.15, 0.2) is 42.5 Å². The summed E-state index contributed by atoms with van der Waals surface area (Å²) in [6.45, 7) is 8.40. The zero-order valence-electron chi connectivity index (χ0n) is 13.0. The molecule has 0 amide bonds. The number of rotatable bonds is 2. The van der Waals surface area contributed by atoms with Crippen LogP contribution < -0.4 is 5.32 Å². The summed E-state index contributed by atoms with van der Waals surface area (Å²) in [5.41, 5.74) is 8.12. The van der Waals surface area contributed by atoms with E-state index >= 15 is 0 Å². The summed E-state index contributed by atoms with van der Waals surface area (Å²) in [6, 6.07) is 14.9. The first-order valence-electron chi connectivity index (χ1n) is 7.26. The third-order valence-corrected chi connectivity index (χ3v) is 3.82. The second kappa shape index (κ2) is 5.21. The van der Waals surface area contributed by atoms with Gasteiger partial charge in [-0.2, -0.15) is 0 Å². The Kier molecular flexibility index (Phi) is 3.38. The highest BCUT2D eigenvalue weighted by Gasteiger charge is 2.07. The van der Waals surface area contributed by atoms with E-state index in [1.54, 1.807) is 0 Å². The van der Waals surface area contributed by atoms with Gasteiger partial charge in [0.15, 0.2) is 0 Å². The van der Waals surface area contributed by atoms with Crippen LogP contribution in [-0.2, 0) is 0 Å². The van der Waals surface area contributed by atoms with E-state index in [0.717, 1.165) is 22.6 Å². The minimum absolute atomic E-state index is 1.03. The molecular weight excluding hydrogens is 256 g/mol. The summed E-state index contributed by atoms with van der Waals surface area (Å²) in [7, 11) is 0. The number of benzene rings is 2. The number of nitrogens with one attached hydrogen (secondary N) is 1. The van der Waals surface area contributed by atoms with Gasteiger partial charge in [0.2, 0.25) is 0 Å². The molecule has 0 aliphatic heterocycles. The number of fused-ring (bicyclic) bond motifs is 1. The van der Waals surface area contributed by atoms with Gasteiger partial charge in [-0.1, -0.05) is 35.9 Å². The van der Waals surface area contributed by atoms with Gasteiger partial charge < -0.3 is 5.32 Å². The summed E-state index contributed by atoms with van der Waals surface area (Å²) in [5, 5.41) is 4.74. The van der Waals surface area contributed by atoms with Gasteiger partial charge in [-0.05, 0) is 51.0 Å². The van der Waals surface area contributed by atoms with E-state index < -0.39 is 0 Å². The van der Waals surface area contributed by atoms with E-state index in [-0.39, 0.29) is 0 Å². The van der Waals surface area contributed by atoms with Crippen molar-refractivity contribution in [1.82, 2.24) is 4.98 Å². The highest BCUT2D eigenvalue weighted by molar-refractivity contribution is 5.95. The molecule has 1 N–H and O–H groups in total. The Morgan fingerprint density at radius 3 is 2.38 bits per heavy atom. The molecule has 3 rings (SSSR count). The van der Waals surface area contributed by atoms with Gasteiger partial charge in [0.1, 0.15) is 0 Å². The molecule has 0 spiro atoms. The molecule has 106 valence electrons. The van der Waals surface area contributed by atoms with Crippen molar-refractivity contribution in [2.45, 2.75) is 27.7 Å². The van der Waals surface area contributed by atoms with Crippen LogP contribution in [0.5, 0.6) is 0 Å². The van der Waals surface area contributed by atoms with Gasteiger partial charge in [-0.25, -0.2) is 0 Å². The predicted molar refractivity (Wildman–Crippen MR) is 90.4 cm³/mol. The van der Waals surface area contributed by atoms with E-state index in [1.165, 1.54) is 22.1 Å². The molecule has 0 radical (unpaired) electrons. The number of pyridine rings is 1. The van der Waals surface area contributed by atoms with Crippen LogP contribution in [0.3, 0.4) is 0 Å². The summed E-state index contributed by atoms with van der Waals surface area (Å²) >= 11 is 0. The van der Waals surface area contributed by atoms with Crippen molar-refractivity contribution in [3.05, 3.63) is 64.8 Å². The highest BCUT2D eigenvalue weighted by atomic mass is 14.9. The second-order valence-electron chi connectivity index (χ2n) is 5.73. The van der Waals surface area contributed by atoms with Crippen LogP contribution in [-0.4, -0.2) is 4.98 Å². The Hall–Kier alpha value is -2.35. The Labute approximate surface area is 125 Å². The maximum Gasteiger partial charge on any atom is 0.0755 e. The number of hydrogen-bond acceptors (Lipinski definition) is 2. The second-order valence-corrected chi connectivity index (χ2v) is 5.73. The van der Waals surface area contributed by atoms with Gasteiger partial charge in [-0.3, -0.25) is 4.98 Å². The van der Waals surface area contributed by atoms with Crippen molar-refractivity contribution < 1.29 is 0 Å². The molecule has 0 saturated carbocycles. The SMILES string of the molecule is Cc1ccc(Nc2cc(C)nc3c(C)cccc23)c(C)c1. The molecule has 1 aromatic heterocycles. The lowest BCUT2D eigenvalue weighted by atomic mass is 10.1. The largest absolute Gasteiger partial charge is 0.355 e. The lowest BCUT2D eigenvalue weighted by molar-refractivity contribution is 1.24. The quantitative estimate of drug-likeness (QED) is 0.694. The van der Waals surface area contributed by atoms with Crippen molar-refractivity contribution in [2.24, 2.45) is 0 Å². The number of para-hydroxylation sites is 1. The smallest absolute Gasteiger partial charge is 0.0755 e. The molecule has 0 bridgehead atoms. The first-order valence-corrected chi connectivity index (χ1v) is 7.26. The number of hydrogen-bond donors (Lipinski definition) is 1. The number of aromatic nitrogens is 1. The Bertz CT molecular complexity index is 819. The van der Waals surface area contributed by atoms with Crippen molar-refractivity contribution in [3.63, 3.8) is 0 Å². The lowest BCUT2D eigenvalue weighted by Crippen LogP contribution is -1.97. The molecule has 0 fully saturated rings. The molecule has 0 unspecified atom stereocenters. The van der Waals surface area contributed by atoms with Crippen LogP contribution in [0.25, 0.3) is 10.9 Å². The van der Waals surface area contributed by atoms with E-state index in [1.807, 2.05) is 6.92 Å². The standard InChI is InChI=1S/C19H20N2/c1-12-8-9-17(14(3)10-12)21-18-11-15(4)20-19-13(2)6-5-7-16(18)19/h5-11H,1-4H3,(H,20,21). The third-order valence-electron chi connectivity index (χ3n) is 3.82. The highest BCUT2D eigenvalue weighted by Crippen LogP contribution is 2.29. The van der Waals surface area contributed by atoms with E-state index in [4.69, 9.17) is 0 Å². The van der Waals surface area contributed by atoms with Gasteiger partial charge in [-0.15, -0.1) is 0 Å². The fourth-order valence-electron chi connectivity index (χ4n) is 2.72. The number of aryl methyl sites for hydroxylation is 4. The Morgan fingerprint density at radius 1 is 0.810 bits per heavy atom. The maximum absolute atomic E-state index is 4.67.